The van der Waals surface area contributed by atoms with E-state index in [2.05, 4.69) is 13.8 Å². The Kier molecular flexibility index (Phi) is 9.61. The summed E-state index contributed by atoms with van der Waals surface area (Å²) in [6.07, 6.45) is 4.82. The molecule has 24 heavy (non-hydrogen) atoms. The second kappa shape index (κ2) is 11.5. The van der Waals surface area contributed by atoms with Gasteiger partial charge in [-0.15, -0.1) is 0 Å². The lowest BCUT2D eigenvalue weighted by Gasteiger charge is -2.19. The van der Waals surface area contributed by atoms with E-state index in [0.29, 0.717) is 24.7 Å². The Morgan fingerprint density at radius 2 is 1.79 bits per heavy atom. The van der Waals surface area contributed by atoms with Crippen molar-refractivity contribution in [2.75, 3.05) is 32.8 Å². The van der Waals surface area contributed by atoms with E-state index in [9.17, 15) is 9.90 Å². The molecule has 0 radical (unpaired) electrons. The molecule has 0 unspecified atom stereocenters. The predicted octanol–water partition coefficient (Wildman–Crippen LogP) is 0.932. The highest BCUT2D eigenvalue weighted by Crippen LogP contribution is 2.28. The summed E-state index contributed by atoms with van der Waals surface area (Å²) in [7, 11) is 0. The molecule has 0 spiro atoms. The topological polar surface area (TPSA) is 63.0 Å². The first kappa shape index (κ1) is 20.0. The van der Waals surface area contributed by atoms with Crippen LogP contribution in [0.15, 0.2) is 24.3 Å². The summed E-state index contributed by atoms with van der Waals surface area (Å²) in [4.78, 5) is 12.1. The zero-order chi connectivity index (χ0) is 17.8. The molecule has 0 heterocycles. The largest absolute Gasteiger partial charge is 0.545 e. The Hall–Kier alpha value is -2.01. The van der Waals surface area contributed by atoms with Crippen LogP contribution >= 0.6 is 0 Å². The first-order chi connectivity index (χ1) is 11.6. The number of quaternary nitrogens is 1. The number of carbonyl (C=O) groups excluding carboxylic acids is 1. The van der Waals surface area contributed by atoms with Gasteiger partial charge in [0.2, 0.25) is 0 Å². The third-order valence-electron chi connectivity index (χ3n) is 3.60. The van der Waals surface area contributed by atoms with Gasteiger partial charge >= 0.3 is 0 Å². The summed E-state index contributed by atoms with van der Waals surface area (Å²) in [5.41, 5.74) is 0.735. The molecule has 0 aromatic heterocycles. The minimum absolute atomic E-state index is 0.521. The highest BCUT2D eigenvalue weighted by atomic mass is 16.5. The molecule has 5 nitrogen and oxygen atoms in total. The number of nitrogens with one attached hydrogen (secondary N) is 1. The number of hydrogen-bond donors (Lipinski definition) is 1. The standard InChI is InChI=1S/C19H29NO4/c1-4-11-20(12-5-2)13-14-24-17-9-7-16(8-10-19(21)22)15-18(17)23-6-3/h7-10,15H,4-6,11-14H2,1-3H3,(H,21,22)/b10-8+. The molecule has 1 N–H and O–H groups in total. The second-order valence-corrected chi connectivity index (χ2v) is 5.64. The van der Waals surface area contributed by atoms with Gasteiger partial charge in [-0.1, -0.05) is 26.0 Å². The van der Waals surface area contributed by atoms with E-state index in [1.165, 1.54) is 18.9 Å². The van der Waals surface area contributed by atoms with Crippen LogP contribution in [0.1, 0.15) is 39.2 Å². The zero-order valence-electron chi connectivity index (χ0n) is 15.0. The van der Waals surface area contributed by atoms with Crippen molar-refractivity contribution in [2.45, 2.75) is 33.6 Å². The Morgan fingerprint density at radius 1 is 1.08 bits per heavy atom. The number of ether oxygens (including phenoxy) is 2. The summed E-state index contributed by atoms with van der Waals surface area (Å²) < 4.78 is 11.5. The van der Waals surface area contributed by atoms with Crippen LogP contribution in [0.25, 0.3) is 6.08 Å². The summed E-state index contributed by atoms with van der Waals surface area (Å²) in [5, 5.41) is 10.5. The van der Waals surface area contributed by atoms with Gasteiger partial charge in [-0.25, -0.2) is 0 Å². The van der Waals surface area contributed by atoms with E-state index in [1.807, 2.05) is 13.0 Å². The Labute approximate surface area is 144 Å². The van der Waals surface area contributed by atoms with Gasteiger partial charge in [0.1, 0.15) is 13.2 Å². The van der Waals surface area contributed by atoms with Crippen molar-refractivity contribution >= 4 is 12.0 Å². The molecule has 0 amide bonds. The Bertz CT molecular complexity index is 522. The molecule has 0 aliphatic carbocycles. The summed E-state index contributed by atoms with van der Waals surface area (Å²) in [6.45, 7) is 10.7. The van der Waals surface area contributed by atoms with Crippen molar-refractivity contribution in [1.82, 2.24) is 0 Å². The molecule has 5 heteroatoms. The van der Waals surface area contributed by atoms with E-state index in [4.69, 9.17) is 9.47 Å². The molecule has 1 rings (SSSR count). The van der Waals surface area contributed by atoms with Gasteiger partial charge in [-0.05, 0) is 43.5 Å². The van der Waals surface area contributed by atoms with Crippen molar-refractivity contribution < 1.29 is 24.3 Å². The Balaban J connectivity index is 2.70. The number of benzene rings is 1. The summed E-state index contributed by atoms with van der Waals surface area (Å²) in [5.74, 6) is 0.100. The molecule has 0 saturated heterocycles. The van der Waals surface area contributed by atoms with E-state index < -0.39 is 5.97 Å². The van der Waals surface area contributed by atoms with Crippen molar-refractivity contribution in [3.05, 3.63) is 29.8 Å². The number of aliphatic carboxylic acids is 1. The zero-order valence-corrected chi connectivity index (χ0v) is 15.0. The molecule has 134 valence electrons. The maximum atomic E-state index is 10.5. The van der Waals surface area contributed by atoms with E-state index in [-0.39, 0.29) is 0 Å². The van der Waals surface area contributed by atoms with E-state index in [0.717, 1.165) is 31.3 Å². The molecular formula is C19H29NO4. The van der Waals surface area contributed by atoms with Crippen LogP contribution < -0.4 is 19.5 Å². The van der Waals surface area contributed by atoms with Gasteiger partial charge in [0.15, 0.2) is 11.5 Å². The lowest BCUT2D eigenvalue weighted by Crippen LogP contribution is -3.12. The van der Waals surface area contributed by atoms with Crippen LogP contribution in [0.4, 0.5) is 0 Å². The third-order valence-corrected chi connectivity index (χ3v) is 3.60. The van der Waals surface area contributed by atoms with Gasteiger partial charge in [-0.2, -0.15) is 0 Å². The van der Waals surface area contributed by atoms with Gasteiger partial charge in [-0.3, -0.25) is 0 Å². The monoisotopic (exact) mass is 335 g/mol. The van der Waals surface area contributed by atoms with Crippen molar-refractivity contribution in [1.29, 1.82) is 0 Å². The first-order valence-electron chi connectivity index (χ1n) is 8.72. The van der Waals surface area contributed by atoms with E-state index >= 15 is 0 Å². The maximum absolute atomic E-state index is 10.5. The molecule has 0 fully saturated rings. The lowest BCUT2D eigenvalue weighted by atomic mass is 10.2. The summed E-state index contributed by atoms with van der Waals surface area (Å²) >= 11 is 0. The fourth-order valence-electron chi connectivity index (χ4n) is 2.57. The lowest BCUT2D eigenvalue weighted by molar-refractivity contribution is -0.900. The third kappa shape index (κ3) is 7.51. The molecule has 1 aromatic carbocycles. The normalized spacial score (nSPS) is 11.2. The van der Waals surface area contributed by atoms with E-state index in [1.54, 1.807) is 17.0 Å². The SMILES string of the molecule is CCC[NH+](CCC)CCOc1ccc(/C=C/C(=O)[O-])cc1OCC. The van der Waals surface area contributed by atoms with Crippen molar-refractivity contribution in [3.8, 4) is 11.5 Å². The molecule has 0 bridgehead atoms. The predicted molar refractivity (Wildman–Crippen MR) is 93.3 cm³/mol. The van der Waals surface area contributed by atoms with Crippen LogP contribution in [0.3, 0.4) is 0 Å². The number of carboxylic acid groups (broad SMARTS) is 1. The number of carboxylic acids is 1. The van der Waals surface area contributed by atoms with Crippen LogP contribution in [-0.4, -0.2) is 38.8 Å². The smallest absolute Gasteiger partial charge is 0.161 e. The highest BCUT2D eigenvalue weighted by molar-refractivity contribution is 5.83. The van der Waals surface area contributed by atoms with Crippen LogP contribution in [0.5, 0.6) is 11.5 Å². The quantitative estimate of drug-likeness (QED) is 0.577. The van der Waals surface area contributed by atoms with Crippen molar-refractivity contribution in [3.63, 3.8) is 0 Å². The molecule has 0 aliphatic rings. The van der Waals surface area contributed by atoms with Gasteiger partial charge in [0, 0.05) is 0 Å². The minimum Gasteiger partial charge on any atom is -0.545 e. The minimum atomic E-state index is -1.22. The maximum Gasteiger partial charge on any atom is 0.161 e. The molecule has 1 aromatic rings. The van der Waals surface area contributed by atoms with Crippen LogP contribution in [0.2, 0.25) is 0 Å². The number of rotatable bonds is 12. The first-order valence-corrected chi connectivity index (χ1v) is 8.72. The molecule has 0 atom stereocenters. The molecular weight excluding hydrogens is 306 g/mol. The van der Waals surface area contributed by atoms with Gasteiger partial charge in [0.05, 0.1) is 25.7 Å². The van der Waals surface area contributed by atoms with Gasteiger partial charge in [0.25, 0.3) is 0 Å². The fraction of sp³-hybridized carbons (Fsp3) is 0.526. The fourth-order valence-corrected chi connectivity index (χ4v) is 2.57. The van der Waals surface area contributed by atoms with Crippen LogP contribution in [0, 0.1) is 0 Å². The second-order valence-electron chi connectivity index (χ2n) is 5.64. The number of carbonyl (C=O) groups is 1. The van der Waals surface area contributed by atoms with Crippen LogP contribution in [-0.2, 0) is 4.79 Å². The summed E-state index contributed by atoms with van der Waals surface area (Å²) in [6, 6.07) is 5.40. The molecule has 0 aliphatic heterocycles. The Morgan fingerprint density at radius 3 is 2.38 bits per heavy atom. The average Bonchev–Trinajstić information content (AvgIpc) is 2.55. The molecule has 0 saturated carbocycles. The average molecular weight is 335 g/mol. The number of hydrogen-bond acceptors (Lipinski definition) is 4. The van der Waals surface area contributed by atoms with Crippen molar-refractivity contribution in [2.24, 2.45) is 0 Å². The van der Waals surface area contributed by atoms with Gasteiger partial charge < -0.3 is 24.3 Å². The highest BCUT2D eigenvalue weighted by Gasteiger charge is 2.09.